The van der Waals surface area contributed by atoms with Crippen molar-refractivity contribution in [1.29, 1.82) is 0 Å². The summed E-state index contributed by atoms with van der Waals surface area (Å²) >= 11 is 3.10. The van der Waals surface area contributed by atoms with Crippen LogP contribution in [0.2, 0.25) is 0 Å². The van der Waals surface area contributed by atoms with Crippen molar-refractivity contribution in [2.45, 2.75) is 4.90 Å². The second kappa shape index (κ2) is 3.83. The zero-order valence-electron chi connectivity index (χ0n) is 6.27. The van der Waals surface area contributed by atoms with E-state index < -0.39 is 10.0 Å². The molecule has 0 aliphatic carbocycles. The summed E-state index contributed by atoms with van der Waals surface area (Å²) in [6.45, 7) is 0. The van der Waals surface area contributed by atoms with Gasteiger partial charge in [0.25, 0.3) is 16.1 Å². The number of hydrogen-bond acceptors (Lipinski definition) is 3. The van der Waals surface area contributed by atoms with Crippen LogP contribution in [0.5, 0.6) is 0 Å². The third kappa shape index (κ3) is 2.48. The van der Waals surface area contributed by atoms with Crippen LogP contribution in [0, 0.1) is 0 Å². The maximum atomic E-state index is 11.1. The number of nitrogens with zero attached hydrogens (tertiary/aromatic N) is 1. The van der Waals surface area contributed by atoms with Gasteiger partial charge in [-0.05, 0) is 18.2 Å². The third-order valence-corrected chi connectivity index (χ3v) is 2.91. The van der Waals surface area contributed by atoms with Gasteiger partial charge in [0.05, 0.1) is 4.90 Å². The Morgan fingerprint density at radius 2 is 2.08 bits per heavy atom. The highest BCUT2D eigenvalue weighted by atomic mass is 79.9. The van der Waals surface area contributed by atoms with Crippen LogP contribution in [0.15, 0.2) is 38.0 Å². The minimum Gasteiger partial charge on any atom is -0.210 e. The number of hydrogen-bond donors (Lipinski definition) is 0. The van der Waals surface area contributed by atoms with Crippen LogP contribution in [-0.4, -0.2) is 14.5 Å². The van der Waals surface area contributed by atoms with Crippen LogP contribution in [-0.2, 0) is 14.8 Å². The number of rotatable bonds is 2. The lowest BCUT2D eigenvalue weighted by Crippen LogP contribution is -1.95. The van der Waals surface area contributed by atoms with E-state index >= 15 is 0 Å². The highest BCUT2D eigenvalue weighted by Crippen LogP contribution is 2.17. The van der Waals surface area contributed by atoms with E-state index in [1.807, 2.05) is 0 Å². The molecule has 0 amide bonds. The van der Waals surface area contributed by atoms with Crippen LogP contribution in [0.25, 0.3) is 0 Å². The van der Waals surface area contributed by atoms with Crippen molar-refractivity contribution in [2.75, 3.05) is 0 Å². The smallest absolute Gasteiger partial charge is 0.210 e. The van der Waals surface area contributed by atoms with E-state index in [4.69, 9.17) is 0 Å². The van der Waals surface area contributed by atoms with Gasteiger partial charge in [0.1, 0.15) is 0 Å². The van der Waals surface area contributed by atoms with E-state index in [9.17, 15) is 13.2 Å². The van der Waals surface area contributed by atoms with Crippen LogP contribution in [0.3, 0.4) is 0 Å². The van der Waals surface area contributed by atoms with Gasteiger partial charge in [0, 0.05) is 4.47 Å². The first-order valence-electron chi connectivity index (χ1n) is 3.16. The molecule has 6 heteroatoms. The Bertz CT molecular complexity index is 462. The standard InChI is InChI=1S/C7H4BrNO3S/c8-6-2-1-3-7(4-6)13(11,12)9-5-10/h1-4H. The molecule has 0 spiro atoms. The van der Waals surface area contributed by atoms with Crippen molar-refractivity contribution in [3.05, 3.63) is 28.7 Å². The van der Waals surface area contributed by atoms with Gasteiger partial charge in [-0.25, -0.2) is 4.79 Å². The lowest BCUT2D eigenvalue weighted by molar-refractivity contribution is 0.563. The maximum absolute atomic E-state index is 11.1. The number of sulfonamides is 1. The summed E-state index contributed by atoms with van der Waals surface area (Å²) in [5.41, 5.74) is 0. The fraction of sp³-hybridized carbons (Fsp3) is 0. The van der Waals surface area contributed by atoms with Crippen molar-refractivity contribution in [1.82, 2.24) is 0 Å². The molecular weight excluding hydrogens is 258 g/mol. The fourth-order valence-corrected chi connectivity index (χ4v) is 2.01. The van der Waals surface area contributed by atoms with E-state index in [1.165, 1.54) is 18.2 Å². The zero-order valence-corrected chi connectivity index (χ0v) is 8.67. The van der Waals surface area contributed by atoms with E-state index in [2.05, 4.69) is 20.3 Å². The molecule has 0 saturated heterocycles. The first kappa shape index (κ1) is 10.1. The molecule has 0 aliphatic heterocycles. The average molecular weight is 262 g/mol. The van der Waals surface area contributed by atoms with Crippen molar-refractivity contribution in [2.24, 2.45) is 4.40 Å². The Balaban J connectivity index is 3.31. The molecule has 0 radical (unpaired) electrons. The first-order valence-corrected chi connectivity index (χ1v) is 5.39. The normalized spacial score (nSPS) is 10.5. The third-order valence-electron chi connectivity index (χ3n) is 1.25. The van der Waals surface area contributed by atoms with Crippen molar-refractivity contribution in [3.63, 3.8) is 0 Å². The second-order valence-corrected chi connectivity index (χ2v) is 4.63. The molecule has 1 rings (SSSR count). The number of halogens is 1. The molecule has 1 aromatic rings. The Labute approximate surface area is 83.5 Å². The molecule has 0 atom stereocenters. The Morgan fingerprint density at radius 3 is 2.62 bits per heavy atom. The summed E-state index contributed by atoms with van der Waals surface area (Å²) in [5.74, 6) is 0. The zero-order chi connectivity index (χ0) is 9.90. The summed E-state index contributed by atoms with van der Waals surface area (Å²) in [5, 5.41) is 0. The maximum Gasteiger partial charge on any atom is 0.292 e. The molecule has 0 aromatic heterocycles. The van der Waals surface area contributed by atoms with Crippen LogP contribution < -0.4 is 0 Å². The monoisotopic (exact) mass is 261 g/mol. The lowest BCUT2D eigenvalue weighted by atomic mass is 10.4. The SMILES string of the molecule is O=C=NS(=O)(=O)c1cccc(Br)c1. The van der Waals surface area contributed by atoms with Gasteiger partial charge in [-0.1, -0.05) is 26.4 Å². The molecule has 0 N–H and O–H groups in total. The number of isocyanates is 1. The molecule has 68 valence electrons. The van der Waals surface area contributed by atoms with Crippen molar-refractivity contribution >= 4 is 32.0 Å². The minimum atomic E-state index is -3.86. The topological polar surface area (TPSA) is 63.6 Å². The summed E-state index contributed by atoms with van der Waals surface area (Å²) in [6.07, 6.45) is 0.998. The molecule has 0 fully saturated rings. The summed E-state index contributed by atoms with van der Waals surface area (Å²) in [6, 6.07) is 5.91. The van der Waals surface area contributed by atoms with E-state index in [0.29, 0.717) is 4.47 Å². The van der Waals surface area contributed by atoms with Crippen LogP contribution in [0.4, 0.5) is 0 Å². The minimum absolute atomic E-state index is 0.0368. The molecule has 0 unspecified atom stereocenters. The predicted octanol–water partition coefficient (Wildman–Crippen LogP) is 1.47. The van der Waals surface area contributed by atoms with E-state index in [0.717, 1.165) is 6.08 Å². The molecule has 0 aliphatic rings. The highest BCUT2D eigenvalue weighted by Gasteiger charge is 2.11. The summed E-state index contributed by atoms with van der Waals surface area (Å²) < 4.78 is 25.6. The largest absolute Gasteiger partial charge is 0.292 e. The Kier molecular flexibility index (Phi) is 2.98. The molecule has 0 heterocycles. The first-order chi connectivity index (χ1) is 6.06. The van der Waals surface area contributed by atoms with E-state index in [1.54, 1.807) is 6.07 Å². The molecule has 4 nitrogen and oxygen atoms in total. The second-order valence-electron chi connectivity index (χ2n) is 2.12. The van der Waals surface area contributed by atoms with Gasteiger partial charge in [0.15, 0.2) is 0 Å². The van der Waals surface area contributed by atoms with Crippen LogP contribution >= 0.6 is 15.9 Å². The predicted molar refractivity (Wildman–Crippen MR) is 49.4 cm³/mol. The highest BCUT2D eigenvalue weighted by molar-refractivity contribution is 9.10. The van der Waals surface area contributed by atoms with Gasteiger partial charge >= 0.3 is 0 Å². The van der Waals surface area contributed by atoms with Crippen molar-refractivity contribution < 1.29 is 13.2 Å². The number of benzene rings is 1. The van der Waals surface area contributed by atoms with Gasteiger partial charge in [-0.2, -0.15) is 8.42 Å². The molecule has 0 bridgehead atoms. The Hall–Kier alpha value is -0.970. The Morgan fingerprint density at radius 1 is 1.38 bits per heavy atom. The van der Waals surface area contributed by atoms with Gasteiger partial charge < -0.3 is 0 Å². The number of carbonyl (C=O) groups excluding carboxylic acids is 1. The quantitative estimate of drug-likeness (QED) is 0.599. The van der Waals surface area contributed by atoms with E-state index in [-0.39, 0.29) is 4.90 Å². The molecular formula is C7H4BrNO3S. The van der Waals surface area contributed by atoms with Crippen LogP contribution in [0.1, 0.15) is 0 Å². The van der Waals surface area contributed by atoms with Gasteiger partial charge in [-0.15, -0.1) is 0 Å². The average Bonchev–Trinajstić information content (AvgIpc) is 2.04. The fourth-order valence-electron chi connectivity index (χ4n) is 0.729. The lowest BCUT2D eigenvalue weighted by Gasteiger charge is -1.95. The molecule has 13 heavy (non-hydrogen) atoms. The van der Waals surface area contributed by atoms with Gasteiger partial charge in [-0.3, -0.25) is 0 Å². The summed E-state index contributed by atoms with van der Waals surface area (Å²) in [7, 11) is -3.86. The van der Waals surface area contributed by atoms with Gasteiger partial charge in [0.2, 0.25) is 0 Å². The molecule has 1 aromatic carbocycles. The summed E-state index contributed by atoms with van der Waals surface area (Å²) in [4.78, 5) is 9.76. The van der Waals surface area contributed by atoms with Crippen molar-refractivity contribution in [3.8, 4) is 0 Å². The molecule has 0 saturated carbocycles.